The van der Waals surface area contributed by atoms with Crippen LogP contribution in [-0.4, -0.2) is 25.2 Å². The van der Waals surface area contributed by atoms with E-state index in [1.54, 1.807) is 13.8 Å². The number of hydrogen-bond donors (Lipinski definition) is 0. The van der Waals surface area contributed by atoms with Crippen LogP contribution in [0, 0.1) is 5.41 Å². The lowest BCUT2D eigenvalue weighted by molar-refractivity contribution is -0.171. The molecule has 0 unspecified atom stereocenters. The van der Waals surface area contributed by atoms with Crippen molar-refractivity contribution in [1.29, 1.82) is 0 Å². The van der Waals surface area contributed by atoms with Crippen molar-refractivity contribution in [2.45, 2.75) is 52.9 Å². The molecular formula is C25H30O4. The average Bonchev–Trinajstić information content (AvgIpc) is 3.13. The fraction of sp³-hybridized carbons (Fsp3) is 0.440. The Kier molecular flexibility index (Phi) is 6.73. The highest BCUT2D eigenvalue weighted by Crippen LogP contribution is 2.44. The molecule has 0 aliphatic heterocycles. The van der Waals surface area contributed by atoms with Gasteiger partial charge in [0.1, 0.15) is 0 Å². The third-order valence-electron chi connectivity index (χ3n) is 5.61. The summed E-state index contributed by atoms with van der Waals surface area (Å²) in [6.45, 7) is 6.18. The van der Waals surface area contributed by atoms with Gasteiger partial charge in [-0.25, -0.2) is 0 Å². The van der Waals surface area contributed by atoms with Crippen LogP contribution in [0.3, 0.4) is 0 Å². The van der Waals surface area contributed by atoms with Crippen LogP contribution in [0.5, 0.6) is 0 Å². The van der Waals surface area contributed by atoms with Crippen molar-refractivity contribution in [3.63, 3.8) is 0 Å². The second-order valence-corrected chi connectivity index (χ2v) is 7.63. The van der Waals surface area contributed by atoms with E-state index >= 15 is 0 Å². The van der Waals surface area contributed by atoms with Gasteiger partial charge in [-0.1, -0.05) is 55.8 Å². The first-order valence-electron chi connectivity index (χ1n) is 10.6. The molecule has 0 spiro atoms. The quantitative estimate of drug-likeness (QED) is 0.472. The van der Waals surface area contributed by atoms with Crippen LogP contribution in [-0.2, 0) is 38.3 Å². The van der Waals surface area contributed by atoms with Gasteiger partial charge in [-0.05, 0) is 60.9 Å². The highest BCUT2D eigenvalue weighted by molar-refractivity contribution is 6.02. The molecule has 0 N–H and O–H groups in total. The molecule has 0 amide bonds. The maximum absolute atomic E-state index is 12.9. The molecule has 1 aliphatic rings. The van der Waals surface area contributed by atoms with Gasteiger partial charge < -0.3 is 9.47 Å². The molecule has 0 saturated heterocycles. The smallest absolute Gasteiger partial charge is 0.324 e. The highest BCUT2D eigenvalue weighted by Gasteiger charge is 2.53. The van der Waals surface area contributed by atoms with Crippen LogP contribution in [0.15, 0.2) is 42.5 Å². The Hall–Kier alpha value is -2.62. The predicted molar refractivity (Wildman–Crippen MR) is 114 cm³/mol. The van der Waals surface area contributed by atoms with Crippen molar-refractivity contribution >= 4 is 11.9 Å². The van der Waals surface area contributed by atoms with E-state index in [2.05, 4.69) is 31.2 Å². The van der Waals surface area contributed by atoms with Gasteiger partial charge >= 0.3 is 11.9 Å². The van der Waals surface area contributed by atoms with Crippen LogP contribution >= 0.6 is 0 Å². The molecule has 0 atom stereocenters. The molecule has 0 saturated carbocycles. The van der Waals surface area contributed by atoms with Gasteiger partial charge in [-0.3, -0.25) is 9.59 Å². The topological polar surface area (TPSA) is 52.6 Å². The normalized spacial score (nSPS) is 14.3. The Morgan fingerprint density at radius 3 is 2.17 bits per heavy atom. The first-order valence-corrected chi connectivity index (χ1v) is 10.6. The van der Waals surface area contributed by atoms with Crippen molar-refractivity contribution in [3.8, 4) is 11.1 Å². The predicted octanol–water partition coefficient (Wildman–Crippen LogP) is 4.91. The molecule has 0 bridgehead atoms. The number of carbonyl (C=O) groups excluding carboxylic acids is 2. The summed E-state index contributed by atoms with van der Waals surface area (Å²) >= 11 is 0. The van der Waals surface area contributed by atoms with Crippen molar-refractivity contribution < 1.29 is 19.1 Å². The van der Waals surface area contributed by atoms with E-state index in [1.807, 2.05) is 18.2 Å². The summed E-state index contributed by atoms with van der Waals surface area (Å²) in [6, 6.07) is 14.6. The standard InChI is InChI=1S/C25H30O4/c1-4-7-11-18-14-20-16-25(23(26)28-5-2,24(27)29-6-3)17-22(20)21(15-18)19-12-9-8-10-13-19/h8-10,12-15H,4-7,11,16-17H2,1-3H3. The Morgan fingerprint density at radius 1 is 0.931 bits per heavy atom. The summed E-state index contributed by atoms with van der Waals surface area (Å²) in [5.41, 5.74) is 4.26. The summed E-state index contributed by atoms with van der Waals surface area (Å²) in [5, 5.41) is 0. The summed E-state index contributed by atoms with van der Waals surface area (Å²) in [5.74, 6) is -0.965. The maximum Gasteiger partial charge on any atom is 0.324 e. The SMILES string of the molecule is CCCCc1cc2c(c(-c3ccccc3)c1)CC(C(=O)OCC)(C(=O)OCC)C2. The molecule has 2 aromatic carbocycles. The van der Waals surface area contributed by atoms with Crippen LogP contribution in [0.2, 0.25) is 0 Å². The van der Waals surface area contributed by atoms with Crippen molar-refractivity contribution in [2.75, 3.05) is 13.2 Å². The van der Waals surface area contributed by atoms with Crippen LogP contribution < -0.4 is 0 Å². The van der Waals surface area contributed by atoms with Gasteiger partial charge in [0.15, 0.2) is 5.41 Å². The Balaban J connectivity index is 2.10. The number of fused-ring (bicyclic) bond motifs is 1. The molecular weight excluding hydrogens is 364 g/mol. The molecule has 0 heterocycles. The number of carbonyl (C=O) groups is 2. The monoisotopic (exact) mass is 394 g/mol. The zero-order chi connectivity index (χ0) is 20.9. The van der Waals surface area contributed by atoms with E-state index in [4.69, 9.17) is 9.47 Å². The van der Waals surface area contributed by atoms with Gasteiger partial charge in [-0.15, -0.1) is 0 Å². The van der Waals surface area contributed by atoms with Gasteiger partial charge in [-0.2, -0.15) is 0 Å². The third kappa shape index (κ3) is 4.21. The summed E-state index contributed by atoms with van der Waals surface area (Å²) in [4.78, 5) is 25.9. The minimum absolute atomic E-state index is 0.240. The van der Waals surface area contributed by atoms with Crippen LogP contribution in [0.1, 0.15) is 50.3 Å². The van der Waals surface area contributed by atoms with Crippen molar-refractivity contribution in [3.05, 3.63) is 59.2 Å². The fourth-order valence-electron chi connectivity index (χ4n) is 4.16. The van der Waals surface area contributed by atoms with E-state index in [9.17, 15) is 9.59 Å². The maximum atomic E-state index is 12.9. The zero-order valence-corrected chi connectivity index (χ0v) is 17.6. The van der Waals surface area contributed by atoms with Crippen molar-refractivity contribution in [2.24, 2.45) is 5.41 Å². The molecule has 0 radical (unpaired) electrons. The first-order chi connectivity index (χ1) is 14.1. The Bertz CT molecular complexity index is 852. The summed E-state index contributed by atoms with van der Waals surface area (Å²) in [6.07, 6.45) is 3.86. The summed E-state index contributed by atoms with van der Waals surface area (Å²) in [7, 11) is 0. The molecule has 4 nitrogen and oxygen atoms in total. The lowest BCUT2D eigenvalue weighted by atomic mass is 9.84. The number of benzene rings is 2. The number of esters is 2. The van der Waals surface area contributed by atoms with Gasteiger partial charge in [0.05, 0.1) is 13.2 Å². The third-order valence-corrected chi connectivity index (χ3v) is 5.61. The lowest BCUT2D eigenvalue weighted by Crippen LogP contribution is -2.43. The minimum atomic E-state index is -1.29. The van der Waals surface area contributed by atoms with E-state index in [-0.39, 0.29) is 13.2 Å². The number of ether oxygens (including phenoxy) is 2. The van der Waals surface area contributed by atoms with E-state index in [1.165, 1.54) is 5.56 Å². The molecule has 3 rings (SSSR count). The Morgan fingerprint density at radius 2 is 1.59 bits per heavy atom. The highest BCUT2D eigenvalue weighted by atomic mass is 16.6. The lowest BCUT2D eigenvalue weighted by Gasteiger charge is -2.24. The largest absolute Gasteiger partial charge is 0.465 e. The number of unbranched alkanes of at least 4 members (excludes halogenated alkanes) is 1. The van der Waals surface area contributed by atoms with Crippen LogP contribution in [0.4, 0.5) is 0 Å². The average molecular weight is 395 g/mol. The van der Waals surface area contributed by atoms with Gasteiger partial charge in [0.25, 0.3) is 0 Å². The number of aryl methyl sites for hydroxylation is 1. The van der Waals surface area contributed by atoms with Crippen LogP contribution in [0.25, 0.3) is 11.1 Å². The Labute approximate surface area is 173 Å². The van der Waals surface area contributed by atoms with E-state index in [0.717, 1.165) is 41.5 Å². The molecule has 4 heteroatoms. The summed E-state index contributed by atoms with van der Waals surface area (Å²) < 4.78 is 10.7. The molecule has 2 aromatic rings. The molecule has 0 fully saturated rings. The minimum Gasteiger partial charge on any atom is -0.465 e. The van der Waals surface area contributed by atoms with Gasteiger partial charge in [0, 0.05) is 6.42 Å². The molecule has 1 aliphatic carbocycles. The van der Waals surface area contributed by atoms with E-state index in [0.29, 0.717) is 12.8 Å². The second kappa shape index (κ2) is 9.25. The first kappa shape index (κ1) is 21.1. The molecule has 0 aromatic heterocycles. The number of rotatable bonds is 8. The van der Waals surface area contributed by atoms with Gasteiger partial charge in [0.2, 0.25) is 0 Å². The molecule has 154 valence electrons. The fourth-order valence-corrected chi connectivity index (χ4v) is 4.16. The van der Waals surface area contributed by atoms with Crippen molar-refractivity contribution in [1.82, 2.24) is 0 Å². The number of hydrogen-bond acceptors (Lipinski definition) is 4. The zero-order valence-electron chi connectivity index (χ0n) is 17.6. The van der Waals surface area contributed by atoms with E-state index < -0.39 is 17.4 Å². The molecule has 29 heavy (non-hydrogen) atoms. The second-order valence-electron chi connectivity index (χ2n) is 7.63.